The third-order valence-electron chi connectivity index (χ3n) is 8.73. The van der Waals surface area contributed by atoms with Gasteiger partial charge in [-0.3, -0.25) is 9.59 Å². The normalized spacial score (nSPS) is 19.0. The van der Waals surface area contributed by atoms with Gasteiger partial charge in [-0.05, 0) is 36.6 Å². The van der Waals surface area contributed by atoms with Crippen LogP contribution in [0, 0.1) is 5.92 Å². The van der Waals surface area contributed by atoms with Gasteiger partial charge in [0.25, 0.3) is 5.91 Å². The number of fused-ring (bicyclic) bond motifs is 5. The van der Waals surface area contributed by atoms with E-state index < -0.39 is 6.04 Å². The molecule has 4 aromatic rings. The van der Waals surface area contributed by atoms with Gasteiger partial charge in [-0.2, -0.15) is 0 Å². The summed E-state index contributed by atoms with van der Waals surface area (Å²) < 4.78 is 8.62. The van der Waals surface area contributed by atoms with Crippen LogP contribution in [0.2, 0.25) is 0 Å². The van der Waals surface area contributed by atoms with Crippen LogP contribution in [0.15, 0.2) is 78.9 Å². The maximum atomic E-state index is 14.5. The lowest BCUT2D eigenvalue weighted by Crippen LogP contribution is -2.48. The Balaban J connectivity index is 1.55. The molecule has 0 aliphatic carbocycles. The van der Waals surface area contributed by atoms with Crippen molar-refractivity contribution in [3.8, 4) is 11.1 Å². The molecule has 42 heavy (non-hydrogen) atoms. The highest BCUT2D eigenvalue weighted by Gasteiger charge is 2.34. The largest absolute Gasteiger partial charge is 0.394 e. The van der Waals surface area contributed by atoms with E-state index in [1.165, 1.54) is 0 Å². The Hall–Kier alpha value is -3.94. The zero-order valence-corrected chi connectivity index (χ0v) is 25.2. The van der Waals surface area contributed by atoms with Crippen LogP contribution >= 0.6 is 0 Å². The first-order valence-electron chi connectivity index (χ1n) is 14.7. The van der Waals surface area contributed by atoms with Crippen molar-refractivity contribution in [3.05, 3.63) is 95.7 Å². The van der Waals surface area contributed by atoms with Gasteiger partial charge in [0.15, 0.2) is 0 Å². The van der Waals surface area contributed by atoms with Crippen molar-refractivity contribution < 1.29 is 19.4 Å². The zero-order chi connectivity index (χ0) is 30.0. The summed E-state index contributed by atoms with van der Waals surface area (Å²) in [4.78, 5) is 31.5. The quantitative estimate of drug-likeness (QED) is 0.336. The van der Waals surface area contributed by atoms with Crippen LogP contribution in [0.4, 0.5) is 0 Å². The van der Waals surface area contributed by atoms with E-state index in [-0.39, 0.29) is 36.4 Å². The highest BCUT2D eigenvalue weighted by molar-refractivity contribution is 6.10. The lowest BCUT2D eigenvalue weighted by atomic mass is 9.96. The van der Waals surface area contributed by atoms with Crippen LogP contribution in [0.25, 0.3) is 22.0 Å². The molecule has 4 atom stereocenters. The molecule has 0 saturated carbocycles. The zero-order valence-electron chi connectivity index (χ0n) is 25.2. The van der Waals surface area contributed by atoms with E-state index in [4.69, 9.17) is 4.74 Å². The molecule has 3 aromatic carbocycles. The lowest BCUT2D eigenvalue weighted by Gasteiger charge is -2.35. The molecular weight excluding hydrogens is 526 g/mol. The average Bonchev–Trinajstić information content (AvgIpc) is 3.31. The first kappa shape index (κ1) is 29.5. The van der Waals surface area contributed by atoms with Gasteiger partial charge in [-0.15, -0.1) is 0 Å². The Kier molecular flexibility index (Phi) is 8.80. The summed E-state index contributed by atoms with van der Waals surface area (Å²) in [6.07, 6.45) is -0.339. The molecule has 7 heteroatoms. The van der Waals surface area contributed by atoms with Crippen molar-refractivity contribution in [2.45, 2.75) is 45.4 Å². The first-order chi connectivity index (χ1) is 20.2. The fourth-order valence-corrected chi connectivity index (χ4v) is 6.10. The first-order valence-corrected chi connectivity index (χ1v) is 14.7. The maximum absolute atomic E-state index is 14.5. The Morgan fingerprint density at radius 1 is 1.02 bits per heavy atom. The molecule has 1 aliphatic heterocycles. The number of nitrogens with zero attached hydrogens (tertiary/aromatic N) is 3. The molecule has 5 rings (SSSR count). The number of aliphatic hydroxyl groups is 1. The highest BCUT2D eigenvalue weighted by atomic mass is 16.5. The summed E-state index contributed by atoms with van der Waals surface area (Å²) in [6.45, 7) is 6.79. The van der Waals surface area contributed by atoms with Gasteiger partial charge in [-0.25, -0.2) is 0 Å². The summed E-state index contributed by atoms with van der Waals surface area (Å²) in [7, 11) is 3.75. The molecule has 0 unspecified atom stereocenters. The van der Waals surface area contributed by atoms with E-state index in [1.807, 2.05) is 105 Å². The van der Waals surface area contributed by atoms with Crippen molar-refractivity contribution in [1.29, 1.82) is 0 Å². The lowest BCUT2D eigenvalue weighted by molar-refractivity contribution is -0.134. The third-order valence-corrected chi connectivity index (χ3v) is 8.73. The van der Waals surface area contributed by atoms with Crippen molar-refractivity contribution in [2.75, 3.05) is 26.7 Å². The molecule has 2 heterocycles. The Morgan fingerprint density at radius 3 is 2.43 bits per heavy atom. The van der Waals surface area contributed by atoms with Crippen LogP contribution in [0.5, 0.6) is 0 Å². The van der Waals surface area contributed by atoms with Crippen molar-refractivity contribution in [1.82, 2.24) is 14.4 Å². The third kappa shape index (κ3) is 5.59. The molecule has 2 amide bonds. The van der Waals surface area contributed by atoms with E-state index in [2.05, 4.69) is 13.0 Å². The van der Waals surface area contributed by atoms with Gasteiger partial charge < -0.3 is 24.2 Å². The minimum absolute atomic E-state index is 0.0160. The number of carbonyl (C=O) groups excluding carboxylic acids is 2. The minimum atomic E-state index is -0.403. The van der Waals surface area contributed by atoms with Gasteiger partial charge in [0.05, 0.1) is 31.3 Å². The van der Waals surface area contributed by atoms with E-state index in [9.17, 15) is 14.7 Å². The average molecular weight is 568 g/mol. The number of benzene rings is 3. The summed E-state index contributed by atoms with van der Waals surface area (Å²) in [5.41, 5.74) is 5.35. The Morgan fingerprint density at radius 2 is 1.69 bits per heavy atom. The van der Waals surface area contributed by atoms with Gasteiger partial charge in [0.2, 0.25) is 5.91 Å². The highest BCUT2D eigenvalue weighted by Crippen LogP contribution is 2.38. The van der Waals surface area contributed by atoms with E-state index in [1.54, 1.807) is 9.80 Å². The number of aromatic nitrogens is 1. The number of aryl methyl sites for hydroxylation is 1. The molecule has 0 fully saturated rings. The number of hydrogen-bond donors (Lipinski definition) is 1. The van der Waals surface area contributed by atoms with Crippen LogP contribution in [0.3, 0.4) is 0 Å². The van der Waals surface area contributed by atoms with Crippen LogP contribution in [-0.4, -0.2) is 70.2 Å². The van der Waals surface area contributed by atoms with Gasteiger partial charge >= 0.3 is 0 Å². The van der Waals surface area contributed by atoms with Crippen molar-refractivity contribution >= 4 is 22.7 Å². The van der Waals surface area contributed by atoms with E-state index in [0.29, 0.717) is 25.4 Å². The predicted molar refractivity (Wildman–Crippen MR) is 166 cm³/mol. The summed E-state index contributed by atoms with van der Waals surface area (Å²) >= 11 is 0. The van der Waals surface area contributed by atoms with E-state index in [0.717, 1.165) is 33.2 Å². The smallest absolute Gasteiger partial charge is 0.271 e. The molecule has 1 aliphatic rings. The summed E-state index contributed by atoms with van der Waals surface area (Å²) in [5, 5.41) is 11.2. The van der Waals surface area contributed by atoms with Crippen molar-refractivity contribution in [3.63, 3.8) is 0 Å². The number of hydrogen-bond acceptors (Lipinski definition) is 4. The monoisotopic (exact) mass is 567 g/mol. The van der Waals surface area contributed by atoms with Crippen LogP contribution in [-0.2, 0) is 23.2 Å². The topological polar surface area (TPSA) is 75.0 Å². The molecule has 0 bridgehead atoms. The fraction of sp³-hybridized carbons (Fsp3) is 0.371. The fourth-order valence-electron chi connectivity index (χ4n) is 6.10. The number of likely N-dealkylation sites (N-methyl/N-ethyl adjacent to an activating group) is 1. The Labute approximate surface area is 248 Å². The number of aliphatic hydroxyl groups excluding tert-OH is 1. The second-order valence-electron chi connectivity index (χ2n) is 11.6. The van der Waals surface area contributed by atoms with Gasteiger partial charge in [0.1, 0.15) is 5.69 Å². The molecular formula is C35H41N3O4. The number of carbonyl (C=O) groups is 2. The predicted octanol–water partition coefficient (Wildman–Crippen LogP) is 5.47. The summed E-state index contributed by atoms with van der Waals surface area (Å²) in [6, 6.07) is 25.5. The minimum Gasteiger partial charge on any atom is -0.394 e. The molecule has 0 spiro atoms. The molecule has 0 saturated heterocycles. The van der Waals surface area contributed by atoms with Crippen LogP contribution < -0.4 is 0 Å². The van der Waals surface area contributed by atoms with Gasteiger partial charge in [0, 0.05) is 49.6 Å². The second-order valence-corrected chi connectivity index (χ2v) is 11.6. The van der Waals surface area contributed by atoms with Crippen LogP contribution in [0.1, 0.15) is 48.3 Å². The molecule has 1 aromatic heterocycles. The SMILES string of the molecule is C[C@H](C(=O)N(C)C[C@H]1OCc2ccccc2-c2c(n(C)c3ccccc23)C(=O)N([C@H](C)CO)C[C@H]1C)c1ccccc1. The number of para-hydroxylation sites is 1. The second kappa shape index (κ2) is 12.5. The summed E-state index contributed by atoms with van der Waals surface area (Å²) in [5.74, 6) is -0.518. The number of ether oxygens (including phenoxy) is 1. The number of amides is 2. The van der Waals surface area contributed by atoms with Crippen molar-refractivity contribution in [2.24, 2.45) is 13.0 Å². The molecule has 1 N–H and O–H groups in total. The molecule has 0 radical (unpaired) electrons. The Bertz CT molecular complexity index is 1560. The number of rotatable bonds is 6. The molecule has 220 valence electrons. The van der Waals surface area contributed by atoms with Gasteiger partial charge in [-0.1, -0.05) is 79.7 Å². The molecule has 7 nitrogen and oxygen atoms in total. The standard InChI is InChI=1S/C35H41N3O4/c1-23-19-38(24(2)21-39)35(41)33-32(29-17-11-12-18-30(29)37(33)5)28-16-10-9-15-27(28)22-42-31(23)20-36(4)34(40)25(3)26-13-7-6-8-14-26/h6-18,23-25,31,39H,19-22H2,1-5H3/t23-,24-,25+,31-/m1/s1. The maximum Gasteiger partial charge on any atom is 0.271 e. The van der Waals surface area contributed by atoms with E-state index >= 15 is 0 Å².